The largest absolute Gasteiger partial charge is 0.348 e. The van der Waals surface area contributed by atoms with Crippen LogP contribution in [-0.4, -0.2) is 55.8 Å². The number of hydrogen-bond acceptors (Lipinski definition) is 3. The summed E-state index contributed by atoms with van der Waals surface area (Å²) in [6, 6.07) is 3.77. The second-order valence-corrected chi connectivity index (χ2v) is 5.85. The number of hydrogen-bond donors (Lipinski definition) is 1. The Kier molecular flexibility index (Phi) is 6.18. The van der Waals surface area contributed by atoms with Crippen molar-refractivity contribution in [1.82, 2.24) is 9.80 Å². The van der Waals surface area contributed by atoms with E-state index in [2.05, 4.69) is 5.32 Å². The molecule has 0 heterocycles. The number of carbonyl (C=O) groups is 2. The van der Waals surface area contributed by atoms with Crippen LogP contribution in [0.5, 0.6) is 0 Å². The molecule has 0 aliphatic rings. The first-order valence-electron chi connectivity index (χ1n) is 6.66. The second kappa shape index (κ2) is 7.43. The van der Waals surface area contributed by atoms with E-state index in [1.54, 1.807) is 26.0 Å². The number of anilines is 1. The Morgan fingerprint density at radius 1 is 1.14 bits per heavy atom. The molecule has 0 spiro atoms. The van der Waals surface area contributed by atoms with E-state index >= 15 is 0 Å². The zero-order valence-electron chi connectivity index (χ0n) is 13.2. The van der Waals surface area contributed by atoms with E-state index in [0.717, 1.165) is 11.1 Å². The fraction of sp³-hybridized carbons (Fsp3) is 0.467. The minimum atomic E-state index is -0.196. The van der Waals surface area contributed by atoms with Gasteiger partial charge < -0.3 is 10.2 Å². The van der Waals surface area contributed by atoms with Gasteiger partial charge in [-0.15, -0.1) is 0 Å². The predicted octanol–water partition coefficient (Wildman–Crippen LogP) is 1.92. The van der Waals surface area contributed by atoms with Crippen LogP contribution >= 0.6 is 11.6 Å². The van der Waals surface area contributed by atoms with Crippen molar-refractivity contribution < 1.29 is 9.59 Å². The van der Waals surface area contributed by atoms with Crippen molar-refractivity contribution in [1.29, 1.82) is 0 Å². The zero-order valence-corrected chi connectivity index (χ0v) is 13.9. The topological polar surface area (TPSA) is 52.7 Å². The molecule has 116 valence electrons. The van der Waals surface area contributed by atoms with Crippen molar-refractivity contribution in [2.75, 3.05) is 39.5 Å². The maximum Gasteiger partial charge on any atom is 0.238 e. The van der Waals surface area contributed by atoms with Crippen LogP contribution in [0.3, 0.4) is 0 Å². The zero-order chi connectivity index (χ0) is 16.2. The van der Waals surface area contributed by atoms with Gasteiger partial charge in [-0.1, -0.05) is 17.7 Å². The monoisotopic (exact) mass is 311 g/mol. The van der Waals surface area contributed by atoms with Gasteiger partial charge in [-0.25, -0.2) is 0 Å². The summed E-state index contributed by atoms with van der Waals surface area (Å²) in [4.78, 5) is 26.8. The Hall–Kier alpha value is -1.59. The second-order valence-electron chi connectivity index (χ2n) is 5.45. The number of aryl methyl sites for hydroxylation is 2. The number of halogens is 1. The van der Waals surface area contributed by atoms with Crippen molar-refractivity contribution in [2.45, 2.75) is 13.8 Å². The lowest BCUT2D eigenvalue weighted by Gasteiger charge is -2.19. The summed E-state index contributed by atoms with van der Waals surface area (Å²) in [5.41, 5.74) is 2.59. The average Bonchev–Trinajstić information content (AvgIpc) is 2.33. The molecule has 0 radical (unpaired) electrons. The molecule has 1 aromatic rings. The third kappa shape index (κ3) is 5.36. The van der Waals surface area contributed by atoms with Crippen molar-refractivity contribution in [2.24, 2.45) is 0 Å². The summed E-state index contributed by atoms with van der Waals surface area (Å²) >= 11 is 6.15. The number of benzene rings is 1. The Labute approximate surface area is 130 Å². The summed E-state index contributed by atoms with van der Waals surface area (Å²) < 4.78 is 0. The first kappa shape index (κ1) is 17.5. The van der Waals surface area contributed by atoms with Crippen LogP contribution in [0.2, 0.25) is 5.02 Å². The van der Waals surface area contributed by atoms with E-state index in [0.29, 0.717) is 10.7 Å². The Balaban J connectivity index is 2.64. The van der Waals surface area contributed by atoms with Crippen molar-refractivity contribution in [3.8, 4) is 0 Å². The number of likely N-dealkylation sites (N-methyl/N-ethyl adjacent to an activating group) is 2. The van der Waals surface area contributed by atoms with Crippen molar-refractivity contribution in [3.63, 3.8) is 0 Å². The first-order chi connectivity index (χ1) is 9.70. The first-order valence-corrected chi connectivity index (χ1v) is 7.03. The van der Waals surface area contributed by atoms with E-state index in [-0.39, 0.29) is 24.9 Å². The van der Waals surface area contributed by atoms with Gasteiger partial charge in [0.05, 0.1) is 23.8 Å². The maximum atomic E-state index is 12.0. The molecule has 0 aliphatic carbocycles. The highest BCUT2D eigenvalue weighted by Gasteiger charge is 2.14. The molecule has 0 aliphatic heterocycles. The van der Waals surface area contributed by atoms with Crippen LogP contribution in [0.15, 0.2) is 12.1 Å². The lowest BCUT2D eigenvalue weighted by Crippen LogP contribution is -2.38. The molecule has 0 unspecified atom stereocenters. The maximum absolute atomic E-state index is 12.0. The molecule has 0 bridgehead atoms. The van der Waals surface area contributed by atoms with Gasteiger partial charge >= 0.3 is 0 Å². The van der Waals surface area contributed by atoms with Crippen LogP contribution in [0.4, 0.5) is 5.69 Å². The van der Waals surface area contributed by atoms with E-state index in [1.165, 1.54) is 4.90 Å². The lowest BCUT2D eigenvalue weighted by atomic mass is 10.1. The van der Waals surface area contributed by atoms with E-state index in [1.807, 2.05) is 26.0 Å². The molecule has 2 amide bonds. The van der Waals surface area contributed by atoms with Gasteiger partial charge in [-0.05, 0) is 38.1 Å². The smallest absolute Gasteiger partial charge is 0.238 e. The normalized spacial score (nSPS) is 10.6. The molecule has 1 rings (SSSR count). The van der Waals surface area contributed by atoms with E-state index < -0.39 is 0 Å². The number of nitrogens with zero attached hydrogens (tertiary/aromatic N) is 2. The van der Waals surface area contributed by atoms with E-state index in [9.17, 15) is 9.59 Å². The van der Waals surface area contributed by atoms with Gasteiger partial charge in [0.2, 0.25) is 11.8 Å². The standard InChI is InChI=1S/C15H22ClN3O2/c1-10-6-11(2)15(12(16)7-10)17-13(20)8-19(5)9-14(21)18(3)4/h6-7H,8-9H2,1-5H3,(H,17,20). The van der Waals surface area contributed by atoms with Crippen LogP contribution < -0.4 is 5.32 Å². The number of nitrogens with one attached hydrogen (secondary N) is 1. The summed E-state index contributed by atoms with van der Waals surface area (Å²) in [6.45, 7) is 4.17. The minimum Gasteiger partial charge on any atom is -0.348 e. The highest BCUT2D eigenvalue weighted by atomic mass is 35.5. The Morgan fingerprint density at radius 2 is 1.76 bits per heavy atom. The summed E-state index contributed by atoms with van der Waals surface area (Å²) in [5, 5.41) is 3.32. The molecule has 0 fully saturated rings. The molecular formula is C15H22ClN3O2. The minimum absolute atomic E-state index is 0.0464. The van der Waals surface area contributed by atoms with Gasteiger partial charge in [-0.3, -0.25) is 14.5 Å². The van der Waals surface area contributed by atoms with Gasteiger partial charge in [0.15, 0.2) is 0 Å². The third-order valence-electron chi connectivity index (χ3n) is 3.01. The lowest BCUT2D eigenvalue weighted by molar-refractivity contribution is -0.130. The molecular weight excluding hydrogens is 290 g/mol. The number of amides is 2. The molecule has 21 heavy (non-hydrogen) atoms. The summed E-state index contributed by atoms with van der Waals surface area (Å²) in [7, 11) is 5.10. The molecule has 0 saturated carbocycles. The highest BCUT2D eigenvalue weighted by molar-refractivity contribution is 6.34. The quantitative estimate of drug-likeness (QED) is 0.904. The molecule has 0 saturated heterocycles. The highest BCUT2D eigenvalue weighted by Crippen LogP contribution is 2.27. The van der Waals surface area contributed by atoms with Crippen LogP contribution in [0, 0.1) is 13.8 Å². The van der Waals surface area contributed by atoms with Gasteiger partial charge in [-0.2, -0.15) is 0 Å². The SMILES string of the molecule is Cc1cc(C)c(NC(=O)CN(C)CC(=O)N(C)C)c(Cl)c1. The number of carbonyl (C=O) groups excluding carboxylic acids is 2. The predicted molar refractivity (Wildman–Crippen MR) is 85.7 cm³/mol. The summed E-state index contributed by atoms with van der Waals surface area (Å²) in [6.07, 6.45) is 0. The average molecular weight is 312 g/mol. The molecule has 1 aromatic carbocycles. The molecule has 1 N–H and O–H groups in total. The van der Waals surface area contributed by atoms with Crippen molar-refractivity contribution >= 4 is 29.1 Å². The van der Waals surface area contributed by atoms with Crippen LogP contribution in [-0.2, 0) is 9.59 Å². The van der Waals surface area contributed by atoms with Gasteiger partial charge in [0.25, 0.3) is 0 Å². The molecule has 5 nitrogen and oxygen atoms in total. The molecule has 6 heteroatoms. The number of rotatable bonds is 5. The van der Waals surface area contributed by atoms with Gasteiger partial charge in [0, 0.05) is 14.1 Å². The van der Waals surface area contributed by atoms with Crippen molar-refractivity contribution in [3.05, 3.63) is 28.3 Å². The molecule has 0 atom stereocenters. The third-order valence-corrected chi connectivity index (χ3v) is 3.31. The Morgan fingerprint density at radius 3 is 2.29 bits per heavy atom. The van der Waals surface area contributed by atoms with Crippen LogP contribution in [0.25, 0.3) is 0 Å². The fourth-order valence-electron chi connectivity index (χ4n) is 1.93. The van der Waals surface area contributed by atoms with Gasteiger partial charge in [0.1, 0.15) is 0 Å². The van der Waals surface area contributed by atoms with Crippen LogP contribution in [0.1, 0.15) is 11.1 Å². The molecule has 0 aromatic heterocycles. The Bertz CT molecular complexity index is 521. The summed E-state index contributed by atoms with van der Waals surface area (Å²) in [5.74, 6) is -0.243. The fourth-order valence-corrected chi connectivity index (χ4v) is 2.29. The van der Waals surface area contributed by atoms with E-state index in [4.69, 9.17) is 11.6 Å².